The van der Waals surface area contributed by atoms with E-state index in [1.54, 1.807) is 0 Å². The first-order chi connectivity index (χ1) is 9.58. The van der Waals surface area contributed by atoms with Gasteiger partial charge in [0.25, 0.3) is 0 Å². The lowest BCUT2D eigenvalue weighted by molar-refractivity contribution is -0.140. The van der Waals surface area contributed by atoms with Crippen LogP contribution in [0, 0.1) is 6.92 Å². The van der Waals surface area contributed by atoms with E-state index >= 15 is 0 Å². The average Bonchev–Trinajstić information content (AvgIpc) is 2.67. The third-order valence-corrected chi connectivity index (χ3v) is 4.89. The van der Waals surface area contributed by atoms with Crippen molar-refractivity contribution in [2.75, 3.05) is 0 Å². The van der Waals surface area contributed by atoms with E-state index in [-0.39, 0.29) is 0 Å². The summed E-state index contributed by atoms with van der Waals surface area (Å²) >= 11 is 3.48. The quantitative estimate of drug-likeness (QED) is 0.808. The minimum Gasteiger partial charge on any atom is -0.480 e. The second-order valence-electron chi connectivity index (χ2n) is 5.64. The monoisotopic (exact) mass is 339 g/mol. The number of hydrogen-bond donors (Lipinski definition) is 2. The zero-order chi connectivity index (χ0) is 14.5. The van der Waals surface area contributed by atoms with Gasteiger partial charge in [0.15, 0.2) is 0 Å². The molecule has 0 aliphatic heterocycles. The Morgan fingerprint density at radius 1 is 1.30 bits per heavy atom. The lowest BCUT2D eigenvalue weighted by Gasteiger charge is -2.22. The summed E-state index contributed by atoms with van der Waals surface area (Å²) < 4.78 is 0.962. The number of aliphatic carboxylic acids is 1. The van der Waals surface area contributed by atoms with Gasteiger partial charge >= 0.3 is 5.97 Å². The lowest BCUT2D eigenvalue weighted by Crippen LogP contribution is -2.36. The van der Waals surface area contributed by atoms with Gasteiger partial charge in [-0.05, 0) is 37.0 Å². The maximum absolute atomic E-state index is 11.6. The number of carboxylic acid groups (broad SMARTS) is 1. The molecule has 1 saturated carbocycles. The largest absolute Gasteiger partial charge is 0.480 e. The molecule has 0 radical (unpaired) electrons. The van der Waals surface area contributed by atoms with Crippen LogP contribution < -0.4 is 5.32 Å². The smallest absolute Gasteiger partial charge is 0.325 e. The van der Waals surface area contributed by atoms with Crippen molar-refractivity contribution in [1.82, 2.24) is 5.32 Å². The summed E-state index contributed by atoms with van der Waals surface area (Å²) in [5.41, 5.74) is 1.94. The standard InChI is InChI=1S/C16H22BrNO2/c1-11-8-9-12(10-14(11)17)15(16(19)20)18-13-6-4-2-3-5-7-13/h8-10,13,15,18H,2-7H2,1H3,(H,19,20). The van der Waals surface area contributed by atoms with E-state index in [0.29, 0.717) is 6.04 Å². The number of nitrogens with one attached hydrogen (secondary N) is 1. The van der Waals surface area contributed by atoms with Crippen LogP contribution in [0.25, 0.3) is 0 Å². The Labute approximate surface area is 128 Å². The Morgan fingerprint density at radius 2 is 1.95 bits per heavy atom. The molecule has 4 heteroatoms. The molecule has 0 spiro atoms. The first-order valence-electron chi connectivity index (χ1n) is 7.33. The molecule has 20 heavy (non-hydrogen) atoms. The molecule has 2 rings (SSSR count). The molecular formula is C16H22BrNO2. The van der Waals surface area contributed by atoms with Gasteiger partial charge in [0.1, 0.15) is 6.04 Å². The molecule has 1 aliphatic rings. The number of carbonyl (C=O) groups is 1. The van der Waals surface area contributed by atoms with E-state index < -0.39 is 12.0 Å². The predicted molar refractivity (Wildman–Crippen MR) is 83.9 cm³/mol. The Balaban J connectivity index is 2.13. The first kappa shape index (κ1) is 15.5. The fourth-order valence-electron chi connectivity index (χ4n) is 2.78. The highest BCUT2D eigenvalue weighted by Gasteiger charge is 2.24. The van der Waals surface area contributed by atoms with Crippen molar-refractivity contribution in [2.24, 2.45) is 0 Å². The van der Waals surface area contributed by atoms with E-state index in [1.165, 1.54) is 25.7 Å². The van der Waals surface area contributed by atoms with Gasteiger partial charge in [-0.2, -0.15) is 0 Å². The molecule has 0 amide bonds. The third kappa shape index (κ3) is 4.06. The number of hydrogen-bond acceptors (Lipinski definition) is 2. The van der Waals surface area contributed by atoms with Gasteiger partial charge in [-0.15, -0.1) is 0 Å². The summed E-state index contributed by atoms with van der Waals surface area (Å²) in [4.78, 5) is 11.6. The van der Waals surface area contributed by atoms with Crippen LogP contribution in [0.15, 0.2) is 22.7 Å². The molecule has 1 fully saturated rings. The number of aryl methyl sites for hydroxylation is 1. The molecule has 3 nitrogen and oxygen atoms in total. The van der Waals surface area contributed by atoms with Gasteiger partial charge in [0.05, 0.1) is 0 Å². The SMILES string of the molecule is Cc1ccc(C(NC2CCCCCC2)C(=O)O)cc1Br. The lowest BCUT2D eigenvalue weighted by atomic mass is 10.0. The molecule has 0 bridgehead atoms. The summed E-state index contributed by atoms with van der Waals surface area (Å²) in [5.74, 6) is -0.801. The van der Waals surface area contributed by atoms with Crippen LogP contribution in [0.1, 0.15) is 55.7 Å². The maximum Gasteiger partial charge on any atom is 0.325 e. The van der Waals surface area contributed by atoms with Crippen molar-refractivity contribution in [3.63, 3.8) is 0 Å². The van der Waals surface area contributed by atoms with Gasteiger partial charge in [0, 0.05) is 10.5 Å². The zero-order valence-corrected chi connectivity index (χ0v) is 13.4. The van der Waals surface area contributed by atoms with E-state index in [4.69, 9.17) is 0 Å². The van der Waals surface area contributed by atoms with Crippen LogP contribution in [-0.4, -0.2) is 17.1 Å². The molecule has 1 unspecified atom stereocenters. The van der Waals surface area contributed by atoms with E-state index in [2.05, 4.69) is 21.2 Å². The maximum atomic E-state index is 11.6. The van der Waals surface area contributed by atoms with Gasteiger partial charge < -0.3 is 5.11 Å². The molecule has 0 saturated heterocycles. The molecule has 1 atom stereocenters. The number of halogens is 1. The van der Waals surface area contributed by atoms with Gasteiger partial charge in [-0.25, -0.2) is 0 Å². The predicted octanol–water partition coefficient (Wildman–Crippen LogP) is 4.20. The van der Waals surface area contributed by atoms with Crippen LogP contribution in [0.4, 0.5) is 0 Å². The minimum absolute atomic E-state index is 0.318. The van der Waals surface area contributed by atoms with Crippen molar-refractivity contribution in [3.8, 4) is 0 Å². The second-order valence-corrected chi connectivity index (χ2v) is 6.49. The van der Waals surface area contributed by atoms with Crippen LogP contribution in [0.3, 0.4) is 0 Å². The first-order valence-corrected chi connectivity index (χ1v) is 8.12. The zero-order valence-electron chi connectivity index (χ0n) is 11.9. The number of carboxylic acids is 1. The van der Waals surface area contributed by atoms with Crippen molar-refractivity contribution in [2.45, 2.75) is 57.5 Å². The molecule has 1 aromatic rings. The Morgan fingerprint density at radius 3 is 2.50 bits per heavy atom. The summed E-state index contributed by atoms with van der Waals surface area (Å²) in [6.45, 7) is 2.00. The Bertz CT molecular complexity index is 468. The van der Waals surface area contributed by atoms with Crippen molar-refractivity contribution in [3.05, 3.63) is 33.8 Å². The normalized spacial score (nSPS) is 18.5. The molecule has 0 heterocycles. The van der Waals surface area contributed by atoms with Crippen LogP contribution in [-0.2, 0) is 4.79 Å². The van der Waals surface area contributed by atoms with Crippen molar-refractivity contribution >= 4 is 21.9 Å². The Kier molecular flexibility index (Phi) is 5.61. The van der Waals surface area contributed by atoms with Gasteiger partial charge in [-0.1, -0.05) is 53.7 Å². The second kappa shape index (κ2) is 7.23. The summed E-state index contributed by atoms with van der Waals surface area (Å²) in [6, 6.07) is 5.48. The van der Waals surface area contributed by atoms with Crippen LogP contribution in [0.2, 0.25) is 0 Å². The minimum atomic E-state index is -0.801. The van der Waals surface area contributed by atoms with Crippen LogP contribution in [0.5, 0.6) is 0 Å². The molecular weight excluding hydrogens is 318 g/mol. The molecule has 110 valence electrons. The van der Waals surface area contributed by atoms with E-state index in [9.17, 15) is 9.90 Å². The van der Waals surface area contributed by atoms with Crippen molar-refractivity contribution in [1.29, 1.82) is 0 Å². The van der Waals surface area contributed by atoms with E-state index in [0.717, 1.165) is 28.4 Å². The summed E-state index contributed by atoms with van der Waals surface area (Å²) in [7, 11) is 0. The molecule has 1 aromatic carbocycles. The summed E-state index contributed by atoms with van der Waals surface area (Å²) in [6.07, 6.45) is 7.09. The highest BCUT2D eigenvalue weighted by Crippen LogP contribution is 2.25. The highest BCUT2D eigenvalue weighted by atomic mass is 79.9. The number of benzene rings is 1. The number of rotatable bonds is 4. The van der Waals surface area contributed by atoms with Crippen LogP contribution >= 0.6 is 15.9 Å². The fourth-order valence-corrected chi connectivity index (χ4v) is 3.18. The van der Waals surface area contributed by atoms with E-state index in [1.807, 2.05) is 25.1 Å². The summed E-state index contributed by atoms with van der Waals surface area (Å²) in [5, 5.41) is 12.8. The Hall–Kier alpha value is -0.870. The van der Waals surface area contributed by atoms with Gasteiger partial charge in [0.2, 0.25) is 0 Å². The van der Waals surface area contributed by atoms with Crippen molar-refractivity contribution < 1.29 is 9.90 Å². The highest BCUT2D eigenvalue weighted by molar-refractivity contribution is 9.10. The molecule has 2 N–H and O–H groups in total. The molecule has 1 aliphatic carbocycles. The topological polar surface area (TPSA) is 49.3 Å². The van der Waals surface area contributed by atoms with Gasteiger partial charge in [-0.3, -0.25) is 10.1 Å². The fraction of sp³-hybridized carbons (Fsp3) is 0.562. The third-order valence-electron chi connectivity index (χ3n) is 4.03. The average molecular weight is 340 g/mol. The molecule has 0 aromatic heterocycles.